The number of nitrogens with two attached hydrogens (primary N) is 2. The molecule has 0 fully saturated rings. The molecule has 11 N–H and O–H groups in total. The summed E-state index contributed by atoms with van der Waals surface area (Å²) in [6.45, 7) is 16.0. The number of fused-ring (bicyclic) bond motifs is 1. The molecule has 0 bridgehead atoms. The van der Waals surface area contributed by atoms with E-state index in [2.05, 4.69) is 31.9 Å². The number of ether oxygens (including phenoxy) is 3. The maximum absolute atomic E-state index is 13.5. The second-order valence-corrected chi connectivity index (χ2v) is 18.9. The number of carbonyl (C=O) groups excluding carboxylic acids is 9. The predicted octanol–water partition coefficient (Wildman–Crippen LogP) is 1.78. The number of benzene rings is 2. The molecule has 396 valence electrons. The highest BCUT2D eigenvalue weighted by Gasteiger charge is 2.35. The number of aliphatic hydroxyl groups excluding tert-OH is 1. The summed E-state index contributed by atoms with van der Waals surface area (Å²) >= 11 is 0. The van der Waals surface area contributed by atoms with Crippen molar-refractivity contribution in [3.63, 3.8) is 0 Å². The number of hydrogen-bond acceptors (Lipinski definition) is 13. The number of hydrogen-bond donors (Lipinski definition) is 9. The molecular weight excluding hydrogens is 921 g/mol. The van der Waals surface area contributed by atoms with Gasteiger partial charge in [0.25, 0.3) is 0 Å². The van der Waals surface area contributed by atoms with E-state index in [0.29, 0.717) is 30.8 Å². The Balaban J connectivity index is 1.97. The zero-order valence-corrected chi connectivity index (χ0v) is 42.9. The van der Waals surface area contributed by atoms with E-state index in [1.807, 2.05) is 38.1 Å². The van der Waals surface area contributed by atoms with Gasteiger partial charge in [0.2, 0.25) is 47.3 Å². The minimum absolute atomic E-state index is 0.0319. The van der Waals surface area contributed by atoms with E-state index in [4.69, 9.17) is 25.7 Å². The predicted molar refractivity (Wildman–Crippen MR) is 265 cm³/mol. The molecule has 0 aliphatic heterocycles. The van der Waals surface area contributed by atoms with Crippen molar-refractivity contribution in [3.8, 4) is 11.5 Å². The first-order valence-electron chi connectivity index (χ1n) is 24.3. The molecule has 0 aliphatic rings. The molecule has 2 aromatic rings. The molecule has 8 atom stereocenters. The topological polar surface area (TPSA) is 326 Å². The number of rotatable bonds is 32. The molecule has 8 amide bonds. The van der Waals surface area contributed by atoms with Crippen LogP contribution in [0.5, 0.6) is 11.5 Å². The van der Waals surface area contributed by atoms with Gasteiger partial charge in [-0.25, -0.2) is 4.79 Å². The van der Waals surface area contributed by atoms with Crippen LogP contribution in [0.4, 0.5) is 0 Å². The molecule has 0 spiro atoms. The smallest absolute Gasteiger partial charge is 0.328 e. The Labute approximate surface area is 416 Å². The quantitative estimate of drug-likeness (QED) is 0.0373. The number of primary amides is 2. The molecule has 0 heterocycles. The zero-order valence-electron chi connectivity index (χ0n) is 42.9. The average Bonchev–Trinajstić information content (AvgIpc) is 3.30. The Morgan fingerprint density at radius 1 is 0.577 bits per heavy atom. The van der Waals surface area contributed by atoms with Crippen molar-refractivity contribution in [3.05, 3.63) is 36.4 Å². The van der Waals surface area contributed by atoms with Gasteiger partial charge in [-0.3, -0.25) is 38.4 Å². The first-order valence-corrected chi connectivity index (χ1v) is 24.3. The molecule has 0 saturated carbocycles. The van der Waals surface area contributed by atoms with Crippen LogP contribution in [0.25, 0.3) is 10.8 Å². The van der Waals surface area contributed by atoms with E-state index >= 15 is 0 Å². The fraction of sp³-hybridized carbons (Fsp3) is 0.620. The molecule has 0 unspecified atom stereocenters. The average molecular weight is 999 g/mol. The van der Waals surface area contributed by atoms with Gasteiger partial charge in [-0.05, 0) is 91.3 Å². The highest BCUT2D eigenvalue weighted by atomic mass is 16.5. The minimum Gasteiger partial charge on any atom is -0.494 e. The number of methoxy groups -OCH3 is 1. The van der Waals surface area contributed by atoms with Crippen LogP contribution < -0.4 is 52.8 Å². The summed E-state index contributed by atoms with van der Waals surface area (Å²) in [7, 11) is 1.24. The van der Waals surface area contributed by atoms with Gasteiger partial charge in [-0.15, -0.1) is 0 Å². The highest BCUT2D eigenvalue weighted by molar-refractivity contribution is 5.95. The Kier molecular flexibility index (Phi) is 25.8. The monoisotopic (exact) mass is 999 g/mol. The maximum atomic E-state index is 13.5. The van der Waals surface area contributed by atoms with E-state index in [1.54, 1.807) is 53.7 Å². The van der Waals surface area contributed by atoms with Gasteiger partial charge in [0.15, 0.2) is 0 Å². The lowest BCUT2D eigenvalue weighted by Gasteiger charge is -2.28. The maximum Gasteiger partial charge on any atom is 0.328 e. The molecule has 0 saturated heterocycles. The molecule has 21 nitrogen and oxygen atoms in total. The van der Waals surface area contributed by atoms with Crippen molar-refractivity contribution < 1.29 is 62.5 Å². The van der Waals surface area contributed by atoms with Gasteiger partial charge in [0.05, 0.1) is 26.4 Å². The highest BCUT2D eigenvalue weighted by Crippen LogP contribution is 2.26. The van der Waals surface area contributed by atoms with Crippen LogP contribution >= 0.6 is 0 Å². The van der Waals surface area contributed by atoms with Crippen molar-refractivity contribution in [2.24, 2.45) is 35.1 Å². The van der Waals surface area contributed by atoms with Crippen molar-refractivity contribution in [2.75, 3.05) is 20.3 Å². The zero-order chi connectivity index (χ0) is 53.5. The van der Waals surface area contributed by atoms with E-state index in [0.717, 1.165) is 10.8 Å². The van der Waals surface area contributed by atoms with Crippen molar-refractivity contribution >= 4 is 64.0 Å². The molecule has 2 aromatic carbocycles. The Bertz CT molecular complexity index is 2130. The van der Waals surface area contributed by atoms with E-state index in [9.17, 15) is 48.3 Å². The summed E-state index contributed by atoms with van der Waals surface area (Å²) in [4.78, 5) is 115. The second kappa shape index (κ2) is 30.3. The lowest BCUT2D eigenvalue weighted by atomic mass is 9.96. The van der Waals surface area contributed by atoms with Crippen molar-refractivity contribution in [2.45, 2.75) is 156 Å². The number of nitrogens with one attached hydrogen (secondary N) is 6. The Hall–Kier alpha value is -6.51. The number of esters is 1. The third-order valence-electron chi connectivity index (χ3n) is 11.7. The van der Waals surface area contributed by atoms with Gasteiger partial charge < -0.3 is 62.7 Å². The number of carbonyl (C=O) groups is 9. The van der Waals surface area contributed by atoms with Crippen LogP contribution in [-0.2, 0) is 47.9 Å². The van der Waals surface area contributed by atoms with Gasteiger partial charge >= 0.3 is 5.97 Å². The fourth-order valence-electron chi connectivity index (χ4n) is 7.30. The standard InChI is InChI=1S/C50H78N8O13/c1-11-30(8)43(49(67)58-44(31(9)59)45(52)63)57-46(64)36(20-21-38(51)60)53-39(61)14-12-22-70-34-18-16-32-17-19-35(26-33(32)25-34)71-23-13-15-40(62)55-41(28(4)5)48(66)54-37(24-27(2)3)47(65)56-42(29(6)7)50(68)69-10/h16-19,25-31,36-37,41-44,59H,11-15,20-24H2,1-10H3,(H2,51,60)(H2,52,63)(H,53,61)(H,54,66)(H,55,62)(H,56,65)(H,57,64)(H,58,67)/t30-,31+,36-,37-,41-,42-,43-,44-/m0/s1. The summed E-state index contributed by atoms with van der Waals surface area (Å²) < 4.78 is 16.7. The third-order valence-corrected chi connectivity index (χ3v) is 11.7. The Morgan fingerprint density at radius 3 is 1.54 bits per heavy atom. The van der Waals surface area contributed by atoms with Crippen molar-refractivity contribution in [1.82, 2.24) is 31.9 Å². The number of aliphatic hydroxyl groups is 1. The van der Waals surface area contributed by atoms with Crippen LogP contribution in [-0.4, -0.2) is 121 Å². The third kappa shape index (κ3) is 21.2. The van der Waals surface area contributed by atoms with Gasteiger partial charge in [0.1, 0.15) is 47.8 Å². The summed E-state index contributed by atoms with van der Waals surface area (Å²) in [5, 5.41) is 27.5. The van der Waals surface area contributed by atoms with E-state index in [-0.39, 0.29) is 69.0 Å². The van der Waals surface area contributed by atoms with Gasteiger partial charge in [-0.1, -0.05) is 73.9 Å². The Morgan fingerprint density at radius 2 is 1.07 bits per heavy atom. The second-order valence-electron chi connectivity index (χ2n) is 18.9. The SMILES string of the molecule is CC[C@H](C)[C@H](NC(=O)[C@H](CCC(N)=O)NC(=O)CCCOc1ccc2ccc(OCCCC(=O)N[C@H](C(=O)N[C@@H](CC(C)C)C(=O)N[C@H](C(=O)OC)C(C)C)C(C)C)cc2c1)C(=O)N[C@H](C(N)=O)[C@@H](C)O. The van der Waals surface area contributed by atoms with Crippen LogP contribution in [0.1, 0.15) is 114 Å². The van der Waals surface area contributed by atoms with Crippen LogP contribution in [0.3, 0.4) is 0 Å². The fourth-order valence-corrected chi connectivity index (χ4v) is 7.30. The first-order chi connectivity index (χ1) is 33.4. The van der Waals surface area contributed by atoms with Crippen LogP contribution in [0.15, 0.2) is 36.4 Å². The van der Waals surface area contributed by atoms with Crippen LogP contribution in [0.2, 0.25) is 0 Å². The molecule has 0 radical (unpaired) electrons. The van der Waals surface area contributed by atoms with Crippen molar-refractivity contribution in [1.29, 1.82) is 0 Å². The summed E-state index contributed by atoms with van der Waals surface area (Å²) in [5.41, 5.74) is 10.7. The van der Waals surface area contributed by atoms with E-state index in [1.165, 1.54) is 14.0 Å². The minimum atomic E-state index is -1.40. The normalized spacial score (nSPS) is 14.7. The molecule has 0 aromatic heterocycles. The summed E-state index contributed by atoms with van der Waals surface area (Å²) in [6.07, 6.45) is -0.305. The van der Waals surface area contributed by atoms with Gasteiger partial charge in [-0.2, -0.15) is 0 Å². The largest absolute Gasteiger partial charge is 0.494 e. The molecule has 71 heavy (non-hydrogen) atoms. The van der Waals surface area contributed by atoms with Gasteiger partial charge in [0, 0.05) is 19.3 Å². The lowest BCUT2D eigenvalue weighted by molar-refractivity contribution is -0.146. The van der Waals surface area contributed by atoms with E-state index < -0.39 is 95.6 Å². The molecular formula is C50H78N8O13. The molecule has 21 heteroatoms. The number of amides is 8. The molecule has 2 rings (SSSR count). The first kappa shape index (κ1) is 60.6. The van der Waals surface area contributed by atoms with Crippen LogP contribution in [0, 0.1) is 23.7 Å². The summed E-state index contributed by atoms with van der Waals surface area (Å²) in [5.74, 6) is -5.57. The summed E-state index contributed by atoms with van der Waals surface area (Å²) in [6, 6.07) is 4.39. The molecule has 0 aliphatic carbocycles. The lowest BCUT2D eigenvalue weighted by Crippen LogP contribution is -2.60.